The molecular weight excluding hydrogens is 376 g/mol. The SMILES string of the molecule is CC(N[C@@H](C)c1ccccc1Br)c1cc(F)c(Cl)cc1Cl. The van der Waals surface area contributed by atoms with Gasteiger partial charge in [-0.2, -0.15) is 0 Å². The molecule has 1 nitrogen and oxygen atoms in total. The Hall–Kier alpha value is -0.610. The van der Waals surface area contributed by atoms with Crippen molar-refractivity contribution < 1.29 is 4.39 Å². The van der Waals surface area contributed by atoms with E-state index < -0.39 is 5.82 Å². The van der Waals surface area contributed by atoms with E-state index >= 15 is 0 Å². The molecule has 2 atom stereocenters. The summed E-state index contributed by atoms with van der Waals surface area (Å²) >= 11 is 15.4. The highest BCUT2D eigenvalue weighted by atomic mass is 79.9. The van der Waals surface area contributed by atoms with E-state index in [1.165, 1.54) is 12.1 Å². The molecule has 0 heterocycles. The van der Waals surface area contributed by atoms with Crippen LogP contribution in [0.15, 0.2) is 40.9 Å². The van der Waals surface area contributed by atoms with Gasteiger partial charge in [0.2, 0.25) is 0 Å². The van der Waals surface area contributed by atoms with Crippen molar-refractivity contribution in [3.8, 4) is 0 Å². The first-order chi connectivity index (χ1) is 9.90. The molecular formula is C16H15BrCl2FN. The van der Waals surface area contributed by atoms with E-state index in [1.807, 2.05) is 31.2 Å². The maximum Gasteiger partial charge on any atom is 0.142 e. The van der Waals surface area contributed by atoms with Gasteiger partial charge in [0.1, 0.15) is 5.82 Å². The molecule has 0 fully saturated rings. The third-order valence-corrected chi connectivity index (χ3v) is 4.72. The molecule has 2 aromatic rings. The maximum absolute atomic E-state index is 13.6. The number of benzene rings is 2. The van der Waals surface area contributed by atoms with Gasteiger partial charge < -0.3 is 5.32 Å². The van der Waals surface area contributed by atoms with Crippen LogP contribution in [0.2, 0.25) is 10.0 Å². The van der Waals surface area contributed by atoms with Gasteiger partial charge in [0.05, 0.1) is 5.02 Å². The van der Waals surface area contributed by atoms with E-state index in [1.54, 1.807) is 0 Å². The van der Waals surface area contributed by atoms with E-state index in [-0.39, 0.29) is 17.1 Å². The normalized spacial score (nSPS) is 14.0. The first-order valence-corrected chi connectivity index (χ1v) is 8.10. The lowest BCUT2D eigenvalue weighted by Crippen LogP contribution is -2.23. The molecule has 0 saturated heterocycles. The fourth-order valence-electron chi connectivity index (χ4n) is 2.25. The predicted octanol–water partition coefficient (Wildman–Crippen LogP) is 6.31. The number of hydrogen-bond acceptors (Lipinski definition) is 1. The third-order valence-electron chi connectivity index (χ3n) is 3.38. The van der Waals surface area contributed by atoms with Crippen molar-refractivity contribution in [3.63, 3.8) is 0 Å². The van der Waals surface area contributed by atoms with Crippen molar-refractivity contribution >= 4 is 39.1 Å². The maximum atomic E-state index is 13.6. The average molecular weight is 391 g/mol. The Labute approximate surface area is 142 Å². The minimum Gasteiger partial charge on any atom is -0.304 e. The van der Waals surface area contributed by atoms with Crippen LogP contribution in [-0.4, -0.2) is 0 Å². The zero-order chi connectivity index (χ0) is 15.6. The monoisotopic (exact) mass is 389 g/mol. The Morgan fingerprint density at radius 2 is 1.62 bits per heavy atom. The molecule has 0 aliphatic heterocycles. The van der Waals surface area contributed by atoms with Crippen molar-refractivity contribution in [1.82, 2.24) is 5.32 Å². The molecule has 2 aromatic carbocycles. The zero-order valence-electron chi connectivity index (χ0n) is 11.6. The van der Waals surface area contributed by atoms with Crippen LogP contribution >= 0.6 is 39.1 Å². The highest BCUT2D eigenvalue weighted by Gasteiger charge is 2.17. The van der Waals surface area contributed by atoms with E-state index in [2.05, 4.69) is 28.2 Å². The smallest absolute Gasteiger partial charge is 0.142 e. The van der Waals surface area contributed by atoms with Crippen LogP contribution in [0.25, 0.3) is 0 Å². The summed E-state index contributed by atoms with van der Waals surface area (Å²) in [5.41, 5.74) is 1.83. The lowest BCUT2D eigenvalue weighted by atomic mass is 10.0. The van der Waals surface area contributed by atoms with E-state index in [0.29, 0.717) is 10.6 Å². The number of nitrogens with one attached hydrogen (secondary N) is 1. The van der Waals surface area contributed by atoms with Crippen molar-refractivity contribution in [2.75, 3.05) is 0 Å². The average Bonchev–Trinajstić information content (AvgIpc) is 2.43. The molecule has 2 rings (SSSR count). The molecule has 21 heavy (non-hydrogen) atoms. The van der Waals surface area contributed by atoms with Crippen molar-refractivity contribution in [1.29, 1.82) is 0 Å². The summed E-state index contributed by atoms with van der Waals surface area (Å²) < 4.78 is 14.7. The third kappa shape index (κ3) is 3.98. The Morgan fingerprint density at radius 1 is 1.00 bits per heavy atom. The second-order valence-electron chi connectivity index (χ2n) is 4.92. The van der Waals surface area contributed by atoms with Crippen LogP contribution in [0.4, 0.5) is 4.39 Å². The van der Waals surface area contributed by atoms with E-state index in [9.17, 15) is 4.39 Å². The van der Waals surface area contributed by atoms with E-state index in [0.717, 1.165) is 10.0 Å². The lowest BCUT2D eigenvalue weighted by molar-refractivity contribution is 0.491. The quantitative estimate of drug-likeness (QED) is 0.603. The molecule has 0 amide bonds. The van der Waals surface area contributed by atoms with Gasteiger partial charge in [0.25, 0.3) is 0 Å². The number of halogens is 4. The van der Waals surface area contributed by atoms with Crippen LogP contribution in [0.3, 0.4) is 0 Å². The zero-order valence-corrected chi connectivity index (χ0v) is 14.7. The Bertz CT molecular complexity index is 648. The standard InChI is InChI=1S/C16H15BrCl2FN/c1-9(11-5-3-4-6-13(11)17)21-10(2)12-7-16(20)15(19)8-14(12)18/h3-10,21H,1-2H3/t9-,10?/m0/s1. The van der Waals surface area contributed by atoms with Crippen LogP contribution < -0.4 is 5.32 Å². The Morgan fingerprint density at radius 3 is 2.29 bits per heavy atom. The van der Waals surface area contributed by atoms with Gasteiger partial charge in [-0.05, 0) is 43.2 Å². The summed E-state index contributed by atoms with van der Waals surface area (Å²) in [5, 5.41) is 3.91. The van der Waals surface area contributed by atoms with Crippen molar-refractivity contribution in [3.05, 3.63) is 67.9 Å². The highest BCUT2D eigenvalue weighted by molar-refractivity contribution is 9.10. The lowest BCUT2D eigenvalue weighted by Gasteiger charge is -2.22. The second kappa shape index (κ2) is 7.10. The van der Waals surface area contributed by atoms with Crippen molar-refractivity contribution in [2.45, 2.75) is 25.9 Å². The van der Waals surface area contributed by atoms with E-state index in [4.69, 9.17) is 23.2 Å². The van der Waals surface area contributed by atoms with Gasteiger partial charge in [-0.3, -0.25) is 0 Å². The second-order valence-corrected chi connectivity index (χ2v) is 6.59. The molecule has 0 aliphatic carbocycles. The van der Waals surface area contributed by atoms with Gasteiger partial charge >= 0.3 is 0 Å². The molecule has 5 heteroatoms. The summed E-state index contributed by atoms with van der Waals surface area (Å²) in [7, 11) is 0. The minimum absolute atomic E-state index is 0.0369. The topological polar surface area (TPSA) is 12.0 Å². The summed E-state index contributed by atoms with van der Waals surface area (Å²) in [5.74, 6) is -0.460. The Kier molecular flexibility index (Phi) is 5.67. The molecule has 0 spiro atoms. The van der Waals surface area contributed by atoms with Crippen LogP contribution in [0.5, 0.6) is 0 Å². The van der Waals surface area contributed by atoms with Gasteiger partial charge in [-0.15, -0.1) is 0 Å². The molecule has 1 N–H and O–H groups in total. The van der Waals surface area contributed by atoms with Crippen LogP contribution in [0, 0.1) is 5.82 Å². The molecule has 0 aromatic heterocycles. The fourth-order valence-corrected chi connectivity index (χ4v) is 3.43. The van der Waals surface area contributed by atoms with Crippen LogP contribution in [0.1, 0.15) is 37.1 Å². The molecule has 0 radical (unpaired) electrons. The molecule has 112 valence electrons. The summed E-state index contributed by atoms with van der Waals surface area (Å²) in [6.07, 6.45) is 0. The van der Waals surface area contributed by atoms with Crippen LogP contribution in [-0.2, 0) is 0 Å². The fraction of sp³-hybridized carbons (Fsp3) is 0.250. The van der Waals surface area contributed by atoms with Gasteiger partial charge in [0.15, 0.2) is 0 Å². The van der Waals surface area contributed by atoms with Gasteiger partial charge in [0, 0.05) is 21.6 Å². The number of hydrogen-bond donors (Lipinski definition) is 1. The molecule has 0 bridgehead atoms. The molecule has 0 saturated carbocycles. The largest absolute Gasteiger partial charge is 0.304 e. The summed E-state index contributed by atoms with van der Waals surface area (Å²) in [6, 6.07) is 10.8. The first-order valence-electron chi connectivity index (χ1n) is 6.55. The highest BCUT2D eigenvalue weighted by Crippen LogP contribution is 2.31. The first kappa shape index (κ1) is 16.8. The predicted molar refractivity (Wildman–Crippen MR) is 90.5 cm³/mol. The molecule has 0 aliphatic rings. The summed E-state index contributed by atoms with van der Waals surface area (Å²) in [4.78, 5) is 0. The molecule has 1 unspecified atom stereocenters. The summed E-state index contributed by atoms with van der Waals surface area (Å²) in [6.45, 7) is 4.00. The minimum atomic E-state index is -0.460. The van der Waals surface area contributed by atoms with Gasteiger partial charge in [-0.1, -0.05) is 57.3 Å². The van der Waals surface area contributed by atoms with Gasteiger partial charge in [-0.25, -0.2) is 4.39 Å². The number of rotatable bonds is 4. The van der Waals surface area contributed by atoms with Crippen molar-refractivity contribution in [2.24, 2.45) is 0 Å². The Balaban J connectivity index is 2.20.